The Labute approximate surface area is 124 Å². The zero-order valence-electron chi connectivity index (χ0n) is 12.3. The lowest BCUT2D eigenvalue weighted by molar-refractivity contribution is 1.17. The Morgan fingerprint density at radius 3 is 2.19 bits per heavy atom. The minimum absolute atomic E-state index is 1.18. The van der Waals surface area contributed by atoms with Gasteiger partial charge in [-0.3, -0.25) is 4.98 Å². The predicted molar refractivity (Wildman–Crippen MR) is 89.9 cm³/mol. The molecule has 0 atom stereocenters. The molecule has 104 valence electrons. The molecule has 0 aliphatic heterocycles. The van der Waals surface area contributed by atoms with Gasteiger partial charge in [-0.15, -0.1) is 0 Å². The van der Waals surface area contributed by atoms with Gasteiger partial charge in [-0.25, -0.2) is 0 Å². The lowest BCUT2D eigenvalue weighted by Gasteiger charge is -2.06. The number of para-hydroxylation sites is 2. The molecule has 21 heavy (non-hydrogen) atoms. The summed E-state index contributed by atoms with van der Waals surface area (Å²) in [6.45, 7) is 4.00. The fraction of sp³-hybridized carbons (Fsp3) is 0.105. The Hall–Kier alpha value is -2.61. The molecule has 2 heteroatoms. The SMILES string of the molecule is CC.c1ccc(-n2c3ccccc3c3cnccc32)cc1. The zero-order chi connectivity index (χ0) is 14.7. The third-order valence-electron chi connectivity index (χ3n) is 3.49. The molecule has 2 heterocycles. The maximum absolute atomic E-state index is 4.26. The Morgan fingerprint density at radius 2 is 1.38 bits per heavy atom. The number of rotatable bonds is 1. The highest BCUT2D eigenvalue weighted by Gasteiger charge is 2.10. The molecular formula is C19H18N2. The molecule has 0 bridgehead atoms. The van der Waals surface area contributed by atoms with Gasteiger partial charge >= 0.3 is 0 Å². The van der Waals surface area contributed by atoms with Crippen LogP contribution in [-0.2, 0) is 0 Å². The van der Waals surface area contributed by atoms with E-state index in [1.54, 1.807) is 0 Å². The molecule has 4 rings (SSSR count). The first-order valence-electron chi connectivity index (χ1n) is 7.34. The number of pyridine rings is 1. The molecule has 0 aliphatic carbocycles. The van der Waals surface area contributed by atoms with Crippen molar-refractivity contribution < 1.29 is 0 Å². The van der Waals surface area contributed by atoms with E-state index < -0.39 is 0 Å². The smallest absolute Gasteiger partial charge is 0.0571 e. The van der Waals surface area contributed by atoms with Gasteiger partial charge in [0, 0.05) is 28.9 Å². The lowest BCUT2D eigenvalue weighted by atomic mass is 10.2. The summed E-state index contributed by atoms with van der Waals surface area (Å²) in [4.78, 5) is 4.26. The van der Waals surface area contributed by atoms with Crippen molar-refractivity contribution >= 4 is 21.8 Å². The molecule has 0 unspecified atom stereocenters. The molecule has 0 N–H and O–H groups in total. The van der Waals surface area contributed by atoms with Crippen molar-refractivity contribution in [1.82, 2.24) is 9.55 Å². The van der Waals surface area contributed by atoms with E-state index in [9.17, 15) is 0 Å². The Morgan fingerprint density at radius 1 is 0.714 bits per heavy atom. The van der Waals surface area contributed by atoms with Crippen molar-refractivity contribution in [3.8, 4) is 5.69 Å². The number of hydrogen-bond acceptors (Lipinski definition) is 1. The first-order chi connectivity index (χ1) is 10.4. The van der Waals surface area contributed by atoms with Crippen molar-refractivity contribution in [2.24, 2.45) is 0 Å². The summed E-state index contributed by atoms with van der Waals surface area (Å²) in [6, 6.07) is 21.0. The molecule has 2 nitrogen and oxygen atoms in total. The zero-order valence-corrected chi connectivity index (χ0v) is 12.3. The van der Waals surface area contributed by atoms with E-state index in [0.717, 1.165) is 0 Å². The average molecular weight is 274 g/mol. The van der Waals surface area contributed by atoms with Crippen molar-refractivity contribution in [2.45, 2.75) is 13.8 Å². The number of hydrogen-bond donors (Lipinski definition) is 0. The minimum atomic E-state index is 1.18. The molecule has 0 fully saturated rings. The highest BCUT2D eigenvalue weighted by molar-refractivity contribution is 6.08. The first-order valence-corrected chi connectivity index (χ1v) is 7.34. The molecule has 0 saturated carbocycles. The van der Waals surface area contributed by atoms with E-state index >= 15 is 0 Å². The largest absolute Gasteiger partial charge is 0.309 e. The summed E-state index contributed by atoms with van der Waals surface area (Å²) in [7, 11) is 0. The molecule has 0 spiro atoms. The topological polar surface area (TPSA) is 17.8 Å². The van der Waals surface area contributed by atoms with Gasteiger partial charge in [0.1, 0.15) is 0 Å². The molecule has 4 aromatic rings. The summed E-state index contributed by atoms with van der Waals surface area (Å²) in [5, 5.41) is 2.44. The van der Waals surface area contributed by atoms with Crippen LogP contribution in [0.5, 0.6) is 0 Å². The van der Waals surface area contributed by atoms with Crippen LogP contribution in [0.4, 0.5) is 0 Å². The molecular weight excluding hydrogens is 256 g/mol. The van der Waals surface area contributed by atoms with Gasteiger partial charge in [0.15, 0.2) is 0 Å². The number of aromatic nitrogens is 2. The van der Waals surface area contributed by atoms with Crippen LogP contribution in [0.3, 0.4) is 0 Å². The third-order valence-corrected chi connectivity index (χ3v) is 3.49. The summed E-state index contributed by atoms with van der Waals surface area (Å²) in [5.41, 5.74) is 3.60. The van der Waals surface area contributed by atoms with Gasteiger partial charge in [0.25, 0.3) is 0 Å². The van der Waals surface area contributed by atoms with Gasteiger partial charge in [-0.05, 0) is 24.3 Å². The van der Waals surface area contributed by atoms with Crippen molar-refractivity contribution in [3.05, 3.63) is 73.1 Å². The number of fused-ring (bicyclic) bond motifs is 3. The fourth-order valence-corrected chi connectivity index (χ4v) is 2.67. The van der Waals surface area contributed by atoms with Gasteiger partial charge in [0.05, 0.1) is 11.0 Å². The van der Waals surface area contributed by atoms with E-state index in [-0.39, 0.29) is 0 Å². The number of nitrogens with zero attached hydrogens (tertiary/aromatic N) is 2. The molecule has 0 aliphatic rings. The maximum atomic E-state index is 4.26. The summed E-state index contributed by atoms with van der Waals surface area (Å²) < 4.78 is 2.28. The van der Waals surface area contributed by atoms with Crippen LogP contribution in [0.2, 0.25) is 0 Å². The van der Waals surface area contributed by atoms with Gasteiger partial charge in [-0.2, -0.15) is 0 Å². The van der Waals surface area contributed by atoms with Gasteiger partial charge < -0.3 is 4.57 Å². The second-order valence-corrected chi connectivity index (χ2v) is 4.58. The Balaban J connectivity index is 0.000000636. The average Bonchev–Trinajstić information content (AvgIpc) is 2.92. The van der Waals surface area contributed by atoms with Crippen LogP contribution in [-0.4, -0.2) is 9.55 Å². The van der Waals surface area contributed by atoms with Gasteiger partial charge in [-0.1, -0.05) is 50.2 Å². The quantitative estimate of drug-likeness (QED) is 0.466. The third kappa shape index (κ3) is 2.19. The molecule has 0 saturated heterocycles. The van der Waals surface area contributed by atoms with Crippen molar-refractivity contribution in [1.29, 1.82) is 0 Å². The van der Waals surface area contributed by atoms with E-state index in [0.29, 0.717) is 0 Å². The molecule has 0 amide bonds. The standard InChI is InChI=1S/C17H12N2.C2H6/c1-2-6-13(7-3-1)19-16-9-5-4-8-14(16)15-12-18-11-10-17(15)19;1-2/h1-12H;1-2H3. The van der Waals surface area contributed by atoms with E-state index in [4.69, 9.17) is 0 Å². The van der Waals surface area contributed by atoms with Crippen LogP contribution < -0.4 is 0 Å². The van der Waals surface area contributed by atoms with E-state index in [1.807, 2.05) is 32.3 Å². The van der Waals surface area contributed by atoms with Crippen LogP contribution >= 0.6 is 0 Å². The number of benzene rings is 2. The monoisotopic (exact) mass is 274 g/mol. The Bertz CT molecular complexity index is 807. The van der Waals surface area contributed by atoms with Gasteiger partial charge in [0.2, 0.25) is 0 Å². The fourth-order valence-electron chi connectivity index (χ4n) is 2.67. The second kappa shape index (κ2) is 5.80. The predicted octanol–water partition coefficient (Wildman–Crippen LogP) is 5.20. The summed E-state index contributed by atoms with van der Waals surface area (Å²) in [5.74, 6) is 0. The lowest BCUT2D eigenvalue weighted by Crippen LogP contribution is -1.92. The summed E-state index contributed by atoms with van der Waals surface area (Å²) in [6.07, 6.45) is 3.79. The molecule has 2 aromatic heterocycles. The first kappa shape index (κ1) is 13.4. The molecule has 0 radical (unpaired) electrons. The van der Waals surface area contributed by atoms with Crippen molar-refractivity contribution in [2.75, 3.05) is 0 Å². The molecule has 2 aromatic carbocycles. The van der Waals surface area contributed by atoms with Crippen LogP contribution in [0, 0.1) is 0 Å². The normalized spacial score (nSPS) is 10.4. The second-order valence-electron chi connectivity index (χ2n) is 4.58. The highest BCUT2D eigenvalue weighted by atomic mass is 15.0. The van der Waals surface area contributed by atoms with E-state index in [2.05, 4.69) is 64.1 Å². The summed E-state index contributed by atoms with van der Waals surface area (Å²) >= 11 is 0. The minimum Gasteiger partial charge on any atom is -0.309 e. The van der Waals surface area contributed by atoms with Crippen molar-refractivity contribution in [3.63, 3.8) is 0 Å². The highest BCUT2D eigenvalue weighted by Crippen LogP contribution is 2.30. The van der Waals surface area contributed by atoms with Crippen LogP contribution in [0.15, 0.2) is 73.1 Å². The Kier molecular flexibility index (Phi) is 3.69. The van der Waals surface area contributed by atoms with Crippen LogP contribution in [0.25, 0.3) is 27.5 Å². The van der Waals surface area contributed by atoms with E-state index in [1.165, 1.54) is 27.5 Å². The maximum Gasteiger partial charge on any atom is 0.0571 e. The van der Waals surface area contributed by atoms with Crippen LogP contribution in [0.1, 0.15) is 13.8 Å².